The maximum absolute atomic E-state index is 12.6. The van der Waals surface area contributed by atoms with E-state index in [1.54, 1.807) is 12.1 Å². The first-order valence-corrected chi connectivity index (χ1v) is 8.91. The molecule has 2 aliphatic rings. The fraction of sp³-hybridized carbons (Fsp3) is 0.611. The lowest BCUT2D eigenvalue weighted by Gasteiger charge is -2.31. The van der Waals surface area contributed by atoms with E-state index in [1.807, 2.05) is 17.0 Å². The van der Waals surface area contributed by atoms with Crippen LogP contribution in [0, 0.1) is 5.41 Å². The van der Waals surface area contributed by atoms with Gasteiger partial charge in [-0.05, 0) is 55.6 Å². The van der Waals surface area contributed by atoms with Crippen LogP contribution in [0.2, 0.25) is 5.02 Å². The average molecular weight is 336 g/mol. The minimum atomic E-state index is 0.122. The minimum Gasteiger partial charge on any atom is -0.337 e. The number of amides is 1. The molecular formula is C18H26ClN3O. The van der Waals surface area contributed by atoms with Gasteiger partial charge in [0.2, 0.25) is 0 Å². The van der Waals surface area contributed by atoms with Crippen LogP contribution in [0.5, 0.6) is 0 Å². The molecule has 1 aromatic rings. The molecule has 0 radical (unpaired) electrons. The van der Waals surface area contributed by atoms with E-state index in [0.29, 0.717) is 10.4 Å². The zero-order valence-electron chi connectivity index (χ0n) is 13.9. The number of halogens is 1. The van der Waals surface area contributed by atoms with Crippen LogP contribution in [-0.2, 0) is 0 Å². The molecule has 126 valence electrons. The van der Waals surface area contributed by atoms with E-state index < -0.39 is 0 Å². The second-order valence-corrected chi connectivity index (χ2v) is 7.60. The zero-order chi connectivity index (χ0) is 16.3. The van der Waals surface area contributed by atoms with Crippen molar-refractivity contribution in [1.82, 2.24) is 15.1 Å². The zero-order valence-corrected chi connectivity index (χ0v) is 14.6. The largest absolute Gasteiger partial charge is 0.337 e. The van der Waals surface area contributed by atoms with Crippen molar-refractivity contribution in [3.63, 3.8) is 0 Å². The fourth-order valence-electron chi connectivity index (χ4n) is 3.65. The molecule has 2 fully saturated rings. The lowest BCUT2D eigenvalue weighted by molar-refractivity contribution is 0.0758. The molecule has 1 atom stereocenters. The number of nitrogens with one attached hydrogen (secondary N) is 1. The third kappa shape index (κ3) is 4.25. The highest BCUT2D eigenvalue weighted by molar-refractivity contribution is 6.30. The van der Waals surface area contributed by atoms with Gasteiger partial charge in [0.25, 0.3) is 5.91 Å². The van der Waals surface area contributed by atoms with Crippen molar-refractivity contribution >= 4 is 17.5 Å². The Morgan fingerprint density at radius 3 is 2.70 bits per heavy atom. The molecule has 3 rings (SSSR count). The highest BCUT2D eigenvalue weighted by Crippen LogP contribution is 2.26. The molecule has 5 heteroatoms. The van der Waals surface area contributed by atoms with Crippen LogP contribution >= 0.6 is 11.6 Å². The van der Waals surface area contributed by atoms with Gasteiger partial charge in [-0.3, -0.25) is 4.79 Å². The molecule has 0 spiro atoms. The van der Waals surface area contributed by atoms with Crippen molar-refractivity contribution in [2.75, 3.05) is 45.8 Å². The first-order valence-electron chi connectivity index (χ1n) is 8.54. The lowest BCUT2D eigenvalue weighted by atomic mass is 9.89. The predicted molar refractivity (Wildman–Crippen MR) is 94.0 cm³/mol. The van der Waals surface area contributed by atoms with Crippen molar-refractivity contribution in [2.45, 2.75) is 19.8 Å². The normalized spacial score (nSPS) is 26.3. The van der Waals surface area contributed by atoms with E-state index in [2.05, 4.69) is 17.1 Å². The van der Waals surface area contributed by atoms with Crippen LogP contribution < -0.4 is 5.32 Å². The van der Waals surface area contributed by atoms with Gasteiger partial charge in [-0.15, -0.1) is 0 Å². The summed E-state index contributed by atoms with van der Waals surface area (Å²) < 4.78 is 0. The smallest absolute Gasteiger partial charge is 0.253 e. The molecule has 1 aromatic carbocycles. The molecule has 2 heterocycles. The maximum atomic E-state index is 12.6. The predicted octanol–water partition coefficient (Wildman–Crippen LogP) is 2.49. The quantitative estimate of drug-likeness (QED) is 0.921. The summed E-state index contributed by atoms with van der Waals surface area (Å²) in [4.78, 5) is 17.1. The second kappa shape index (κ2) is 7.20. The average Bonchev–Trinajstić information content (AvgIpc) is 2.83. The monoisotopic (exact) mass is 335 g/mol. The van der Waals surface area contributed by atoms with Gasteiger partial charge in [0.05, 0.1) is 0 Å². The van der Waals surface area contributed by atoms with Gasteiger partial charge in [-0.2, -0.15) is 0 Å². The molecule has 23 heavy (non-hydrogen) atoms. The van der Waals surface area contributed by atoms with E-state index in [0.717, 1.165) is 57.8 Å². The van der Waals surface area contributed by atoms with Crippen molar-refractivity contribution in [2.24, 2.45) is 5.41 Å². The Morgan fingerprint density at radius 1 is 1.22 bits per heavy atom. The van der Waals surface area contributed by atoms with E-state index in [1.165, 1.54) is 6.42 Å². The van der Waals surface area contributed by atoms with Crippen molar-refractivity contribution < 1.29 is 4.79 Å². The highest BCUT2D eigenvalue weighted by atomic mass is 35.5. The van der Waals surface area contributed by atoms with E-state index in [-0.39, 0.29) is 5.91 Å². The third-order valence-corrected chi connectivity index (χ3v) is 5.28. The van der Waals surface area contributed by atoms with Crippen molar-refractivity contribution in [1.29, 1.82) is 0 Å². The van der Waals surface area contributed by atoms with Gasteiger partial charge < -0.3 is 15.1 Å². The second-order valence-electron chi connectivity index (χ2n) is 7.17. The first kappa shape index (κ1) is 16.7. The van der Waals surface area contributed by atoms with Gasteiger partial charge in [0, 0.05) is 43.3 Å². The minimum absolute atomic E-state index is 0.122. The molecule has 1 unspecified atom stereocenters. The van der Waals surface area contributed by atoms with Gasteiger partial charge in [-0.25, -0.2) is 0 Å². The van der Waals surface area contributed by atoms with Crippen LogP contribution in [0.15, 0.2) is 24.3 Å². The molecule has 2 saturated heterocycles. The van der Waals surface area contributed by atoms with Crippen LogP contribution in [0.3, 0.4) is 0 Å². The van der Waals surface area contributed by atoms with Gasteiger partial charge in [0.15, 0.2) is 0 Å². The Hall–Kier alpha value is -1.10. The summed E-state index contributed by atoms with van der Waals surface area (Å²) in [7, 11) is 0. The highest BCUT2D eigenvalue weighted by Gasteiger charge is 2.31. The van der Waals surface area contributed by atoms with E-state index >= 15 is 0 Å². The Bertz CT molecular complexity index is 540. The number of hydrogen-bond acceptors (Lipinski definition) is 3. The standard InChI is InChI=1S/C18H26ClN3O/c1-18(7-8-20-13-18)14-21-9-2-10-22(12-11-21)17(23)15-3-5-16(19)6-4-15/h3-6,20H,2,7-14H2,1H3. The lowest BCUT2D eigenvalue weighted by Crippen LogP contribution is -2.40. The Labute approximate surface area is 143 Å². The van der Waals surface area contributed by atoms with Gasteiger partial charge in [0.1, 0.15) is 0 Å². The number of nitrogens with zero attached hydrogens (tertiary/aromatic N) is 2. The van der Waals surface area contributed by atoms with Crippen LogP contribution in [0.1, 0.15) is 30.1 Å². The molecule has 1 N–H and O–H groups in total. The van der Waals surface area contributed by atoms with Gasteiger partial charge >= 0.3 is 0 Å². The molecule has 2 aliphatic heterocycles. The third-order valence-electron chi connectivity index (χ3n) is 5.03. The first-order chi connectivity index (χ1) is 11.1. The van der Waals surface area contributed by atoms with Crippen molar-refractivity contribution in [3.05, 3.63) is 34.9 Å². The summed E-state index contributed by atoms with van der Waals surface area (Å²) in [5, 5.41) is 4.14. The van der Waals surface area contributed by atoms with E-state index in [9.17, 15) is 4.79 Å². The molecule has 0 aliphatic carbocycles. The SMILES string of the molecule is CC1(CN2CCCN(C(=O)c3ccc(Cl)cc3)CC2)CCNC1. The number of rotatable bonds is 3. The molecule has 0 bridgehead atoms. The summed E-state index contributed by atoms with van der Waals surface area (Å²) in [5.74, 6) is 0.122. The molecule has 4 nitrogen and oxygen atoms in total. The molecule has 1 amide bonds. The topological polar surface area (TPSA) is 35.6 Å². The number of benzene rings is 1. The fourth-order valence-corrected chi connectivity index (χ4v) is 3.78. The maximum Gasteiger partial charge on any atom is 0.253 e. The molecule has 0 saturated carbocycles. The molecular weight excluding hydrogens is 310 g/mol. The summed E-state index contributed by atoms with van der Waals surface area (Å²) in [6, 6.07) is 7.21. The molecule has 0 aromatic heterocycles. The number of hydrogen-bond donors (Lipinski definition) is 1. The summed E-state index contributed by atoms with van der Waals surface area (Å²) >= 11 is 5.90. The van der Waals surface area contributed by atoms with Crippen LogP contribution in [-0.4, -0.2) is 61.5 Å². The van der Waals surface area contributed by atoms with Crippen LogP contribution in [0.4, 0.5) is 0 Å². The van der Waals surface area contributed by atoms with E-state index in [4.69, 9.17) is 11.6 Å². The summed E-state index contributed by atoms with van der Waals surface area (Å²) in [6.45, 7) is 9.44. The number of carbonyl (C=O) groups is 1. The number of carbonyl (C=O) groups excluding carboxylic acids is 1. The van der Waals surface area contributed by atoms with Gasteiger partial charge in [-0.1, -0.05) is 18.5 Å². The van der Waals surface area contributed by atoms with Crippen molar-refractivity contribution in [3.8, 4) is 0 Å². The Morgan fingerprint density at radius 2 is 2.00 bits per heavy atom. The Kier molecular flexibility index (Phi) is 5.24. The van der Waals surface area contributed by atoms with Crippen LogP contribution in [0.25, 0.3) is 0 Å². The summed E-state index contributed by atoms with van der Waals surface area (Å²) in [5.41, 5.74) is 1.12. The Balaban J connectivity index is 1.57. The summed E-state index contributed by atoms with van der Waals surface area (Å²) in [6.07, 6.45) is 2.29.